The van der Waals surface area contributed by atoms with Crippen LogP contribution in [0.4, 0.5) is 13.2 Å². The van der Waals surface area contributed by atoms with Crippen LogP contribution in [0.25, 0.3) is 0 Å². The summed E-state index contributed by atoms with van der Waals surface area (Å²) in [6.07, 6.45) is 9.72. The van der Waals surface area contributed by atoms with Gasteiger partial charge in [0.15, 0.2) is 29.8 Å². The number of hydrogen-bond donors (Lipinski definition) is 1. The molecule has 0 saturated heterocycles. The first-order valence-electron chi connectivity index (χ1n) is 13.2. The third-order valence-electron chi connectivity index (χ3n) is 5.58. The molecule has 210 valence electrons. The number of carbonyl (C=O) groups is 2. The van der Waals surface area contributed by atoms with Crippen molar-refractivity contribution in [2.24, 2.45) is 7.05 Å². The van der Waals surface area contributed by atoms with Crippen LogP contribution >= 0.6 is 0 Å². The zero-order chi connectivity index (χ0) is 28.6. The number of pyridine rings is 1. The summed E-state index contributed by atoms with van der Waals surface area (Å²) >= 11 is 0. The van der Waals surface area contributed by atoms with E-state index in [0.717, 1.165) is 38.5 Å². The molecule has 0 aliphatic heterocycles. The second kappa shape index (κ2) is 16.9. The summed E-state index contributed by atoms with van der Waals surface area (Å²) < 4.78 is 52.2. The Bertz CT molecular complexity index is 1180. The van der Waals surface area contributed by atoms with Gasteiger partial charge < -0.3 is 14.8 Å². The zero-order valence-corrected chi connectivity index (χ0v) is 22.6. The van der Waals surface area contributed by atoms with Gasteiger partial charge in [-0.25, -0.2) is 22.5 Å². The van der Waals surface area contributed by atoms with E-state index >= 15 is 0 Å². The van der Waals surface area contributed by atoms with Gasteiger partial charge in [-0.3, -0.25) is 4.79 Å². The highest BCUT2D eigenvalue weighted by molar-refractivity contribution is 5.93. The summed E-state index contributed by atoms with van der Waals surface area (Å²) in [4.78, 5) is 24.1. The fourth-order valence-corrected chi connectivity index (χ4v) is 3.59. The van der Waals surface area contributed by atoms with Gasteiger partial charge in [0, 0.05) is 12.6 Å². The molecule has 1 aromatic heterocycles. The Morgan fingerprint density at radius 3 is 2.05 bits per heavy atom. The number of ether oxygens (including phenoxy) is 2. The van der Waals surface area contributed by atoms with Crippen LogP contribution < -0.4 is 19.4 Å². The van der Waals surface area contributed by atoms with E-state index in [-0.39, 0.29) is 11.7 Å². The van der Waals surface area contributed by atoms with E-state index in [1.807, 2.05) is 37.7 Å². The van der Waals surface area contributed by atoms with E-state index in [1.165, 1.54) is 12.1 Å². The largest absolute Gasteiger partial charge is 0.494 e. The van der Waals surface area contributed by atoms with Gasteiger partial charge in [-0.15, -0.1) is 0 Å². The maximum atomic E-state index is 13.3. The number of halogens is 3. The summed E-state index contributed by atoms with van der Waals surface area (Å²) in [6.45, 7) is 5.20. The van der Waals surface area contributed by atoms with E-state index in [9.17, 15) is 22.8 Å². The van der Waals surface area contributed by atoms with Gasteiger partial charge in [-0.1, -0.05) is 39.5 Å². The van der Waals surface area contributed by atoms with E-state index in [1.54, 1.807) is 24.4 Å². The molecule has 1 amide bonds. The molecule has 0 atom stereocenters. The second-order valence-corrected chi connectivity index (χ2v) is 8.60. The van der Waals surface area contributed by atoms with E-state index < -0.39 is 29.0 Å². The molecule has 0 radical (unpaired) electrons. The van der Waals surface area contributed by atoms with Crippen LogP contribution in [0.2, 0.25) is 0 Å². The first-order valence-corrected chi connectivity index (χ1v) is 13.2. The molecule has 0 fully saturated rings. The zero-order valence-electron chi connectivity index (χ0n) is 22.6. The highest BCUT2D eigenvalue weighted by Crippen LogP contribution is 2.20. The Labute approximate surface area is 227 Å². The van der Waals surface area contributed by atoms with Crippen molar-refractivity contribution >= 4 is 11.9 Å². The molecule has 0 aliphatic carbocycles. The highest BCUT2D eigenvalue weighted by atomic mass is 19.2. The number of aryl methyl sites for hydroxylation is 1. The van der Waals surface area contributed by atoms with Crippen molar-refractivity contribution in [1.29, 1.82) is 0 Å². The molecule has 0 bridgehead atoms. The molecule has 1 N–H and O–H groups in total. The lowest BCUT2D eigenvalue weighted by Gasteiger charge is -2.08. The summed E-state index contributed by atoms with van der Waals surface area (Å²) in [7, 11) is 1.88. The molecule has 6 nitrogen and oxygen atoms in total. The second-order valence-electron chi connectivity index (χ2n) is 8.60. The van der Waals surface area contributed by atoms with Crippen LogP contribution in [0.5, 0.6) is 11.5 Å². The summed E-state index contributed by atoms with van der Waals surface area (Å²) in [5.74, 6) is -4.86. The number of nitrogens with one attached hydrogen (secondary N) is 1. The highest BCUT2D eigenvalue weighted by Gasteiger charge is 2.16. The van der Waals surface area contributed by atoms with Crippen molar-refractivity contribution in [3.05, 3.63) is 89.5 Å². The maximum absolute atomic E-state index is 13.3. The topological polar surface area (TPSA) is 68.5 Å². The van der Waals surface area contributed by atoms with Crippen LogP contribution in [0.1, 0.15) is 73.1 Å². The molecule has 0 saturated carbocycles. The van der Waals surface area contributed by atoms with Crippen LogP contribution in [-0.2, 0) is 7.05 Å². The van der Waals surface area contributed by atoms with Crippen LogP contribution in [0.15, 0.2) is 60.9 Å². The molecule has 2 aromatic carbocycles. The number of hydrogen-bond acceptors (Lipinski definition) is 4. The van der Waals surface area contributed by atoms with Gasteiger partial charge in [-0.05, 0) is 55.3 Å². The molecule has 1 heterocycles. The Morgan fingerprint density at radius 2 is 1.41 bits per heavy atom. The number of esters is 1. The number of carbonyl (C=O) groups excluding carboxylic acids is 2. The Hall–Kier alpha value is -3.88. The number of aromatic nitrogens is 1. The van der Waals surface area contributed by atoms with Gasteiger partial charge >= 0.3 is 5.97 Å². The molecule has 0 aliphatic rings. The molecular weight excluding hydrogens is 509 g/mol. The van der Waals surface area contributed by atoms with Crippen molar-refractivity contribution in [2.75, 3.05) is 13.2 Å². The van der Waals surface area contributed by atoms with Gasteiger partial charge in [0.05, 0.1) is 12.2 Å². The number of amides is 1. The summed E-state index contributed by atoms with van der Waals surface area (Å²) in [5.41, 5.74) is 0.224. The minimum atomic E-state index is -1.64. The fourth-order valence-electron chi connectivity index (χ4n) is 3.59. The number of benzene rings is 2. The molecule has 39 heavy (non-hydrogen) atoms. The van der Waals surface area contributed by atoms with E-state index in [4.69, 9.17) is 9.47 Å². The normalized spacial score (nSPS) is 10.3. The lowest BCUT2D eigenvalue weighted by Crippen LogP contribution is -2.31. The van der Waals surface area contributed by atoms with Crippen molar-refractivity contribution in [1.82, 2.24) is 5.32 Å². The third kappa shape index (κ3) is 10.8. The predicted octanol–water partition coefficient (Wildman–Crippen LogP) is 6.32. The third-order valence-corrected chi connectivity index (χ3v) is 5.58. The lowest BCUT2D eigenvalue weighted by molar-refractivity contribution is -0.671. The van der Waals surface area contributed by atoms with E-state index in [0.29, 0.717) is 36.6 Å². The SMILES string of the molecule is CC.C[n+]1cccc(C(=O)NCCCCCCCCOc2ccc(OC(=O)c3cc(F)c(F)c(F)c3)cc2)c1. The summed E-state index contributed by atoms with van der Waals surface area (Å²) in [5, 5.41) is 2.94. The first-order chi connectivity index (χ1) is 18.8. The maximum Gasteiger partial charge on any atom is 0.343 e. The molecule has 0 unspecified atom stereocenters. The molecule has 9 heteroatoms. The van der Waals surface area contributed by atoms with Crippen LogP contribution in [-0.4, -0.2) is 25.0 Å². The van der Waals surface area contributed by atoms with Crippen molar-refractivity contribution in [3.63, 3.8) is 0 Å². The minimum absolute atomic E-state index is 0.0572. The minimum Gasteiger partial charge on any atom is -0.494 e. The molecule has 3 aromatic rings. The van der Waals surface area contributed by atoms with Gasteiger partial charge in [0.1, 0.15) is 24.1 Å². The standard InChI is InChI=1S/C28H29F3N2O4.C2H6/c1-33-15-8-9-20(19-33)27(34)32-14-6-4-2-3-5-7-16-36-22-10-12-23(13-11-22)37-28(35)21-17-24(29)26(31)25(30)18-21;1-2/h8-13,15,17-19H,2-7,14,16H2,1H3;1-2H3/p+1. The average Bonchev–Trinajstić information content (AvgIpc) is 2.94. The monoisotopic (exact) mass is 545 g/mol. The van der Waals surface area contributed by atoms with E-state index in [2.05, 4.69) is 5.32 Å². The predicted molar refractivity (Wildman–Crippen MR) is 142 cm³/mol. The van der Waals surface area contributed by atoms with Crippen LogP contribution in [0, 0.1) is 17.5 Å². The van der Waals surface area contributed by atoms with Gasteiger partial charge in [0.25, 0.3) is 5.91 Å². The Balaban J connectivity index is 0.00000260. The first kappa shape index (κ1) is 31.3. The lowest BCUT2D eigenvalue weighted by atomic mass is 10.1. The van der Waals surface area contributed by atoms with Crippen molar-refractivity contribution < 1.29 is 36.8 Å². The molecular formula is C30H36F3N2O4+. The van der Waals surface area contributed by atoms with Crippen molar-refractivity contribution in [3.8, 4) is 11.5 Å². The fraction of sp³-hybridized carbons (Fsp3) is 0.367. The quantitative estimate of drug-likeness (QED) is 0.0897. The van der Waals surface area contributed by atoms with Crippen LogP contribution in [0.3, 0.4) is 0 Å². The smallest absolute Gasteiger partial charge is 0.343 e. The Kier molecular flexibility index (Phi) is 13.5. The average molecular weight is 546 g/mol. The Morgan fingerprint density at radius 1 is 0.821 bits per heavy atom. The molecule has 3 rings (SSSR count). The number of rotatable bonds is 13. The number of unbranched alkanes of at least 4 members (excludes halogenated alkanes) is 5. The summed E-state index contributed by atoms with van der Waals surface area (Å²) in [6, 6.07) is 11.1. The van der Waals surface area contributed by atoms with Crippen molar-refractivity contribution in [2.45, 2.75) is 52.4 Å². The number of nitrogens with zero attached hydrogens (tertiary/aromatic N) is 1. The molecule has 0 spiro atoms. The van der Waals surface area contributed by atoms with Gasteiger partial charge in [0.2, 0.25) is 0 Å². The van der Waals surface area contributed by atoms with Gasteiger partial charge in [-0.2, -0.15) is 0 Å².